The maximum Gasteiger partial charge on any atom is 0.242 e. The van der Waals surface area contributed by atoms with Crippen molar-refractivity contribution in [3.8, 4) is 0 Å². The Kier molecular flexibility index (Phi) is 2.73. The van der Waals surface area contributed by atoms with Crippen molar-refractivity contribution < 1.29 is 4.79 Å². The van der Waals surface area contributed by atoms with Crippen molar-refractivity contribution in [1.29, 1.82) is 0 Å². The summed E-state index contributed by atoms with van der Waals surface area (Å²) in [6.45, 7) is 1.69. The third kappa shape index (κ3) is 2.15. The van der Waals surface area contributed by atoms with Gasteiger partial charge in [-0.1, -0.05) is 11.8 Å². The Morgan fingerprint density at radius 1 is 1.62 bits per heavy atom. The van der Waals surface area contributed by atoms with Gasteiger partial charge in [0.15, 0.2) is 5.17 Å². The molecule has 1 unspecified atom stereocenters. The zero-order valence-corrected chi connectivity index (χ0v) is 8.19. The van der Waals surface area contributed by atoms with Crippen molar-refractivity contribution in [1.82, 2.24) is 10.6 Å². The molecular weight excluding hydrogens is 186 g/mol. The zero-order valence-electron chi connectivity index (χ0n) is 7.38. The van der Waals surface area contributed by atoms with Crippen molar-refractivity contribution in [2.24, 2.45) is 4.99 Å². The Hall–Kier alpha value is -0.710. The van der Waals surface area contributed by atoms with Gasteiger partial charge >= 0.3 is 0 Å². The standard InChI is InChI=1S/C8H13N3OS/c12-7-6(2-1-3-9-7)11-8-10-4-5-13-8/h6H,1-5H2,(H,9,12)(H,10,11). The van der Waals surface area contributed by atoms with Crippen LogP contribution >= 0.6 is 11.8 Å². The maximum atomic E-state index is 11.3. The minimum absolute atomic E-state index is 0.0573. The smallest absolute Gasteiger partial charge is 0.242 e. The number of aliphatic imine (C=N–C) groups is 1. The van der Waals surface area contributed by atoms with Gasteiger partial charge in [0.25, 0.3) is 0 Å². The molecule has 0 aromatic carbocycles. The van der Waals surface area contributed by atoms with E-state index in [-0.39, 0.29) is 11.9 Å². The van der Waals surface area contributed by atoms with Crippen LogP contribution in [0, 0.1) is 0 Å². The largest absolute Gasteiger partial charge is 0.354 e. The van der Waals surface area contributed by atoms with Crippen molar-refractivity contribution in [3.05, 3.63) is 0 Å². The topological polar surface area (TPSA) is 53.5 Å². The van der Waals surface area contributed by atoms with Gasteiger partial charge in [0.1, 0.15) is 6.04 Å². The van der Waals surface area contributed by atoms with Gasteiger partial charge in [0, 0.05) is 12.3 Å². The lowest BCUT2D eigenvalue weighted by atomic mass is 10.1. The summed E-state index contributed by atoms with van der Waals surface area (Å²) in [5.41, 5.74) is 0. The molecule has 1 saturated heterocycles. The monoisotopic (exact) mass is 199 g/mol. The average Bonchev–Trinajstić information content (AvgIpc) is 2.61. The highest BCUT2D eigenvalue weighted by atomic mass is 32.2. The van der Waals surface area contributed by atoms with Crippen LogP contribution in [0.2, 0.25) is 0 Å². The molecule has 2 aliphatic heterocycles. The molecule has 2 N–H and O–H groups in total. The molecule has 0 aromatic heterocycles. The molecule has 1 amide bonds. The summed E-state index contributed by atoms with van der Waals surface area (Å²) in [6.07, 6.45) is 1.98. The van der Waals surface area contributed by atoms with E-state index in [1.165, 1.54) is 0 Å². The number of hydrogen-bond acceptors (Lipinski definition) is 4. The Morgan fingerprint density at radius 2 is 2.54 bits per heavy atom. The van der Waals surface area contributed by atoms with E-state index in [9.17, 15) is 4.79 Å². The summed E-state index contributed by atoms with van der Waals surface area (Å²) >= 11 is 1.70. The van der Waals surface area contributed by atoms with E-state index < -0.39 is 0 Å². The number of rotatable bonds is 1. The first-order valence-electron chi connectivity index (χ1n) is 4.58. The molecule has 0 aromatic rings. The Labute approximate surface area is 81.6 Å². The van der Waals surface area contributed by atoms with Crippen LogP contribution < -0.4 is 10.6 Å². The SMILES string of the molecule is O=C1NCCCC1NC1=NCCS1. The lowest BCUT2D eigenvalue weighted by molar-refractivity contribution is -0.124. The number of carbonyl (C=O) groups is 1. The molecule has 2 aliphatic rings. The third-order valence-electron chi connectivity index (χ3n) is 2.17. The molecule has 0 saturated carbocycles. The molecule has 1 fully saturated rings. The second-order valence-electron chi connectivity index (χ2n) is 3.17. The van der Waals surface area contributed by atoms with Crippen molar-refractivity contribution in [2.75, 3.05) is 18.8 Å². The number of amidine groups is 1. The van der Waals surface area contributed by atoms with Gasteiger partial charge in [-0.15, -0.1) is 0 Å². The average molecular weight is 199 g/mol. The first-order valence-corrected chi connectivity index (χ1v) is 5.56. The molecular formula is C8H13N3OS. The van der Waals surface area contributed by atoms with Gasteiger partial charge < -0.3 is 10.6 Å². The molecule has 0 spiro atoms. The lowest BCUT2D eigenvalue weighted by Gasteiger charge is -2.23. The number of nitrogens with zero attached hydrogens (tertiary/aromatic N) is 1. The Balaban J connectivity index is 1.88. The van der Waals surface area contributed by atoms with Gasteiger partial charge in [0.05, 0.1) is 6.54 Å². The first-order chi connectivity index (χ1) is 6.36. The predicted molar refractivity (Wildman–Crippen MR) is 53.9 cm³/mol. The minimum atomic E-state index is -0.0573. The van der Waals surface area contributed by atoms with Gasteiger partial charge in [0.2, 0.25) is 5.91 Å². The highest BCUT2D eigenvalue weighted by Crippen LogP contribution is 2.12. The summed E-state index contributed by atoms with van der Waals surface area (Å²) in [5.74, 6) is 1.15. The van der Waals surface area contributed by atoms with Crippen molar-refractivity contribution in [3.63, 3.8) is 0 Å². The van der Waals surface area contributed by atoms with Gasteiger partial charge in [-0.05, 0) is 12.8 Å². The van der Waals surface area contributed by atoms with Crippen LogP contribution in [-0.4, -0.2) is 36.0 Å². The Bertz CT molecular complexity index is 242. The quantitative estimate of drug-likeness (QED) is 0.623. The summed E-state index contributed by atoms with van der Waals surface area (Å²) in [5, 5.41) is 6.94. The highest BCUT2D eigenvalue weighted by molar-refractivity contribution is 8.14. The molecule has 5 heteroatoms. The number of thioether (sulfide) groups is 1. The molecule has 0 radical (unpaired) electrons. The molecule has 13 heavy (non-hydrogen) atoms. The van der Waals surface area contributed by atoms with Crippen LogP contribution in [0.5, 0.6) is 0 Å². The number of carbonyl (C=O) groups excluding carboxylic acids is 1. The second kappa shape index (κ2) is 4.00. The Morgan fingerprint density at radius 3 is 3.23 bits per heavy atom. The third-order valence-corrected chi connectivity index (χ3v) is 3.08. The van der Waals surface area contributed by atoms with Crippen LogP contribution in [0.15, 0.2) is 4.99 Å². The van der Waals surface area contributed by atoms with Crippen LogP contribution in [0.25, 0.3) is 0 Å². The number of amides is 1. The van der Waals surface area contributed by atoms with Crippen molar-refractivity contribution >= 4 is 22.8 Å². The molecule has 0 bridgehead atoms. The van der Waals surface area contributed by atoms with E-state index in [4.69, 9.17) is 0 Å². The van der Waals surface area contributed by atoms with E-state index >= 15 is 0 Å². The zero-order chi connectivity index (χ0) is 9.10. The van der Waals surface area contributed by atoms with E-state index in [1.807, 2.05) is 0 Å². The molecule has 0 aliphatic carbocycles. The van der Waals surface area contributed by atoms with Crippen molar-refractivity contribution in [2.45, 2.75) is 18.9 Å². The molecule has 4 nitrogen and oxygen atoms in total. The fourth-order valence-electron chi connectivity index (χ4n) is 1.48. The predicted octanol–water partition coefficient (Wildman–Crippen LogP) is -0.0426. The normalized spacial score (nSPS) is 28.2. The van der Waals surface area contributed by atoms with E-state index in [1.54, 1.807) is 11.8 Å². The van der Waals surface area contributed by atoms with Gasteiger partial charge in [-0.3, -0.25) is 9.79 Å². The molecule has 72 valence electrons. The molecule has 2 heterocycles. The first kappa shape index (κ1) is 8.87. The summed E-state index contributed by atoms with van der Waals surface area (Å²) in [6, 6.07) is -0.0573. The molecule has 2 rings (SSSR count). The van der Waals surface area contributed by atoms with Crippen LogP contribution in [0.3, 0.4) is 0 Å². The highest BCUT2D eigenvalue weighted by Gasteiger charge is 2.23. The van der Waals surface area contributed by atoms with E-state index in [2.05, 4.69) is 15.6 Å². The van der Waals surface area contributed by atoms with Crippen LogP contribution in [0.1, 0.15) is 12.8 Å². The summed E-state index contributed by atoms with van der Waals surface area (Å²) < 4.78 is 0. The summed E-state index contributed by atoms with van der Waals surface area (Å²) in [7, 11) is 0. The second-order valence-corrected chi connectivity index (χ2v) is 4.25. The van der Waals surface area contributed by atoms with E-state index in [0.29, 0.717) is 0 Å². The van der Waals surface area contributed by atoms with Crippen LogP contribution in [0.4, 0.5) is 0 Å². The number of nitrogens with one attached hydrogen (secondary N) is 2. The molecule has 1 atom stereocenters. The minimum Gasteiger partial charge on any atom is -0.354 e. The van der Waals surface area contributed by atoms with E-state index in [0.717, 1.165) is 36.9 Å². The van der Waals surface area contributed by atoms with Gasteiger partial charge in [-0.2, -0.15) is 0 Å². The van der Waals surface area contributed by atoms with Crippen LogP contribution in [-0.2, 0) is 4.79 Å². The fourth-order valence-corrected chi connectivity index (χ4v) is 2.27. The maximum absolute atomic E-state index is 11.3. The number of hydrogen-bond donors (Lipinski definition) is 2. The lowest BCUT2D eigenvalue weighted by Crippen LogP contribution is -2.49. The fraction of sp³-hybridized carbons (Fsp3) is 0.750. The summed E-state index contributed by atoms with van der Waals surface area (Å²) in [4.78, 5) is 15.6. The van der Waals surface area contributed by atoms with Gasteiger partial charge in [-0.25, -0.2) is 0 Å². The number of piperidine rings is 1.